The van der Waals surface area contributed by atoms with E-state index < -0.39 is 0 Å². The van der Waals surface area contributed by atoms with Crippen LogP contribution in [-0.4, -0.2) is 175 Å². The molecule has 0 unspecified atom stereocenters. The zero-order valence-corrected chi connectivity index (χ0v) is 60.3. The number of aromatic nitrogens is 4. The zero-order chi connectivity index (χ0) is 69.2. The van der Waals surface area contributed by atoms with Crippen molar-refractivity contribution >= 4 is 86.7 Å². The number of aromatic amines is 2. The molecule has 100 heavy (non-hydrogen) atoms. The molecule has 0 saturated carbocycles. The molecule has 0 atom stereocenters. The molecule has 3 aromatic heterocycles. The lowest BCUT2D eigenvalue weighted by Gasteiger charge is -2.24. The van der Waals surface area contributed by atoms with Gasteiger partial charge in [0, 0.05) is 104 Å². The van der Waals surface area contributed by atoms with E-state index in [-0.39, 0.29) is 0 Å². The number of ether oxygens (including phenoxy) is 4. The fourth-order valence-corrected chi connectivity index (χ4v) is 14.6. The summed E-state index contributed by atoms with van der Waals surface area (Å²) in [7, 11) is 26.8. The fraction of sp³-hybridized carbons (Fsp3) is 0.273. The molecule has 8 bridgehead atoms. The summed E-state index contributed by atoms with van der Waals surface area (Å²) >= 11 is 0. The van der Waals surface area contributed by atoms with Crippen LogP contribution in [0.15, 0.2) is 194 Å². The first-order chi connectivity index (χ1) is 48.0. The summed E-state index contributed by atoms with van der Waals surface area (Å²) in [6.07, 6.45) is 3.54. The minimum Gasteiger partial charge on any atom is -0.493 e. The molecule has 0 amide bonds. The molecule has 15 rings (SSSR count). The van der Waals surface area contributed by atoms with Gasteiger partial charge in [0.05, 0.1) is 171 Å². The van der Waals surface area contributed by atoms with E-state index in [9.17, 15) is 0 Å². The van der Waals surface area contributed by atoms with Gasteiger partial charge in [0.1, 0.15) is 23.0 Å². The Kier molecular flexibility index (Phi) is 17.3. The standard InChI is InChI=1S/C88H94N8O4/c1-93(2,3)33-21-37-97-67-41-65(42-68(53-67)98-38-22-34-94(4,5)6)83-85-75-49-61-29-17-13-25-57(61)45-71(75)79(89-85)55-81-73-47-59-27-15-19-31-63(59)51-77(73)87(91-81)84(66-43-69(99-39-23-35-95(7,8)9)54-70(44-66)100-40-24-36-96(10,11)12)88-78-52-64-32-20-16-28-60(64)48-74(78)82(92-88)56-80-72-46-58-26-14-18-30-62(58)50-76(72)86(83)90-80/h13-20,25-32,41-56,89,92H,21-24,33-40H2,1-12H3/q+4. The zero-order valence-electron chi connectivity index (χ0n) is 60.3. The monoisotopic (exact) mass is 1330 g/mol. The second-order valence-electron chi connectivity index (χ2n) is 31.8. The summed E-state index contributed by atoms with van der Waals surface area (Å²) in [6, 6.07) is 71.2. The largest absolute Gasteiger partial charge is 0.493 e. The Morgan fingerprint density at radius 2 is 0.550 bits per heavy atom. The van der Waals surface area contributed by atoms with Gasteiger partial charge >= 0.3 is 0 Å². The number of quaternary nitrogens is 4. The highest BCUT2D eigenvalue weighted by atomic mass is 16.5. The van der Waals surface area contributed by atoms with Crippen LogP contribution in [-0.2, 0) is 0 Å². The first-order valence-electron chi connectivity index (χ1n) is 35.5. The molecule has 0 aliphatic carbocycles. The Hall–Kier alpha value is -10.1. The summed E-state index contributed by atoms with van der Waals surface area (Å²) in [4.78, 5) is 20.6. The number of fused-ring (bicyclic) bond motifs is 24. The van der Waals surface area contributed by atoms with Gasteiger partial charge in [-0.15, -0.1) is 0 Å². The molecule has 2 aliphatic heterocycles. The van der Waals surface area contributed by atoms with Gasteiger partial charge in [-0.3, -0.25) is 0 Å². The number of benzene rings is 10. The molecule has 5 heterocycles. The van der Waals surface area contributed by atoms with Crippen LogP contribution < -0.4 is 18.9 Å². The summed E-state index contributed by atoms with van der Waals surface area (Å²) in [6.45, 7) is 6.07. The summed E-state index contributed by atoms with van der Waals surface area (Å²) in [5.41, 5.74) is 14.9. The third-order valence-corrected chi connectivity index (χ3v) is 19.5. The number of hydrogen-bond donors (Lipinski definition) is 2. The highest BCUT2D eigenvalue weighted by molar-refractivity contribution is 6.21. The lowest BCUT2D eigenvalue weighted by Crippen LogP contribution is -2.36. The second-order valence-corrected chi connectivity index (χ2v) is 31.8. The molecular weight excluding hydrogens is 1230 g/mol. The molecule has 2 N–H and O–H groups in total. The Labute approximate surface area is 587 Å². The third-order valence-electron chi connectivity index (χ3n) is 19.5. The normalized spacial score (nSPS) is 12.7. The van der Waals surface area contributed by atoms with E-state index in [1.54, 1.807) is 0 Å². The molecule has 12 nitrogen and oxygen atoms in total. The van der Waals surface area contributed by atoms with E-state index in [0.29, 0.717) is 26.4 Å². The average Bonchev–Trinajstić information content (AvgIpc) is 1.56. The molecule has 0 fully saturated rings. The number of nitrogens with zero attached hydrogens (tertiary/aromatic N) is 6. The molecule has 0 radical (unpaired) electrons. The third kappa shape index (κ3) is 14.0. The molecule has 506 valence electrons. The van der Waals surface area contributed by atoms with Crippen molar-refractivity contribution < 1.29 is 36.9 Å². The lowest BCUT2D eigenvalue weighted by molar-refractivity contribution is -0.870. The van der Waals surface area contributed by atoms with Gasteiger partial charge in [-0.1, -0.05) is 97.1 Å². The Balaban J connectivity index is 1.10. The van der Waals surface area contributed by atoms with Crippen molar-refractivity contribution in [2.45, 2.75) is 25.7 Å². The lowest BCUT2D eigenvalue weighted by atomic mass is 9.93. The Bertz CT molecular complexity index is 5100. The molecular formula is C88H94N8O4+4. The van der Waals surface area contributed by atoms with Gasteiger partial charge in [-0.25, -0.2) is 9.97 Å². The van der Waals surface area contributed by atoms with Crippen molar-refractivity contribution in [2.75, 3.05) is 137 Å². The van der Waals surface area contributed by atoms with Crippen molar-refractivity contribution in [2.24, 2.45) is 0 Å². The summed E-state index contributed by atoms with van der Waals surface area (Å²) < 4.78 is 31.0. The highest BCUT2D eigenvalue weighted by Gasteiger charge is 2.29. The van der Waals surface area contributed by atoms with Gasteiger partial charge in [0.25, 0.3) is 0 Å². The van der Waals surface area contributed by atoms with Crippen LogP contribution in [0.5, 0.6) is 23.0 Å². The van der Waals surface area contributed by atoms with E-state index in [1.165, 1.54) is 0 Å². The van der Waals surface area contributed by atoms with Crippen LogP contribution in [0.25, 0.3) is 154 Å². The maximum atomic E-state index is 6.91. The molecule has 2 aliphatic rings. The quantitative estimate of drug-likeness (QED) is 0.0519. The maximum Gasteiger partial charge on any atom is 0.123 e. The number of H-pyrrole nitrogens is 2. The Morgan fingerprint density at radius 1 is 0.290 bits per heavy atom. The predicted octanol–water partition coefficient (Wildman–Crippen LogP) is 19.1. The highest BCUT2D eigenvalue weighted by Crippen LogP contribution is 2.51. The number of hydrogen-bond acceptors (Lipinski definition) is 6. The van der Waals surface area contributed by atoms with Gasteiger partial charge in [0.15, 0.2) is 0 Å². The van der Waals surface area contributed by atoms with Crippen LogP contribution in [0.1, 0.15) is 25.7 Å². The van der Waals surface area contributed by atoms with E-state index in [2.05, 4.69) is 289 Å². The van der Waals surface area contributed by atoms with Crippen molar-refractivity contribution in [1.82, 2.24) is 19.9 Å². The molecule has 13 aromatic rings. The first-order valence-corrected chi connectivity index (χ1v) is 35.5. The van der Waals surface area contributed by atoms with E-state index in [1.807, 2.05) is 0 Å². The molecule has 12 heteroatoms. The van der Waals surface area contributed by atoms with E-state index >= 15 is 0 Å². The molecule has 0 saturated heterocycles. The van der Waals surface area contributed by atoms with Crippen molar-refractivity contribution in [3.05, 3.63) is 194 Å². The van der Waals surface area contributed by atoms with Crippen LogP contribution in [0.2, 0.25) is 0 Å². The topological polar surface area (TPSA) is 94.3 Å². The Morgan fingerprint density at radius 3 is 0.830 bits per heavy atom. The number of rotatable bonds is 22. The van der Waals surface area contributed by atoms with Gasteiger partial charge in [-0.05, 0) is 139 Å². The van der Waals surface area contributed by atoms with E-state index in [4.69, 9.17) is 28.9 Å². The minimum absolute atomic E-state index is 0.551. The SMILES string of the molecule is C[N+](C)(C)CCCOc1cc(OCCC[N+](C)(C)C)cc(-c2c3nc(cc4[nH]c(c(-c5cc(OCCC[N+](C)(C)C)cc(OCCC[N+](C)(C)C)c5)c5nc(cc6[nH]c2c2cc7ccccc7cc62)-c2cc6ccccc6cc2-5)c2cc5ccccc5cc42)-c2cc4ccccc4cc2-3)c1. The first kappa shape index (κ1) is 65.8. The average molecular weight is 1330 g/mol. The van der Waals surface area contributed by atoms with E-state index in [0.717, 1.165) is 247 Å². The number of nitrogens with one attached hydrogen (secondary N) is 2. The smallest absolute Gasteiger partial charge is 0.123 e. The maximum absolute atomic E-state index is 6.91. The van der Waals surface area contributed by atoms with Crippen LogP contribution in [0.3, 0.4) is 0 Å². The van der Waals surface area contributed by atoms with Crippen LogP contribution in [0.4, 0.5) is 0 Å². The summed E-state index contributed by atoms with van der Waals surface area (Å²) in [5, 5.41) is 13.3. The fourth-order valence-electron chi connectivity index (χ4n) is 14.6. The van der Waals surface area contributed by atoms with Crippen molar-refractivity contribution in [1.29, 1.82) is 0 Å². The molecule has 10 aromatic carbocycles. The van der Waals surface area contributed by atoms with Gasteiger partial charge in [-0.2, -0.15) is 0 Å². The van der Waals surface area contributed by atoms with Crippen molar-refractivity contribution in [3.8, 4) is 90.3 Å². The van der Waals surface area contributed by atoms with Crippen molar-refractivity contribution in [3.63, 3.8) is 0 Å². The predicted molar refractivity (Wildman–Crippen MR) is 418 cm³/mol. The summed E-state index contributed by atoms with van der Waals surface area (Å²) in [5.74, 6) is 2.98. The van der Waals surface area contributed by atoms with Gasteiger partial charge in [0.2, 0.25) is 0 Å². The van der Waals surface area contributed by atoms with Crippen LogP contribution >= 0.6 is 0 Å². The minimum atomic E-state index is 0.551. The second kappa shape index (κ2) is 26.2. The van der Waals surface area contributed by atoms with Crippen LogP contribution in [0, 0.1) is 0 Å². The molecule has 0 spiro atoms. The van der Waals surface area contributed by atoms with Gasteiger partial charge < -0.3 is 46.8 Å².